The number of carbonyl (C=O) groups is 2. The fourth-order valence-corrected chi connectivity index (χ4v) is 6.91. The minimum absolute atomic E-state index is 0.0530. The summed E-state index contributed by atoms with van der Waals surface area (Å²) < 4.78 is 50.0. The highest BCUT2D eigenvalue weighted by Gasteiger charge is 2.46. The van der Waals surface area contributed by atoms with Crippen LogP contribution < -0.4 is 15.4 Å². The lowest BCUT2D eigenvalue weighted by atomic mass is 9.94. The summed E-state index contributed by atoms with van der Waals surface area (Å²) in [5.41, 5.74) is -1.89. The standard InChI is InChI=1S/C35H35F3N6O4/c1-8-24(46)42-14-22-34(47)41(7)33-31(43(22)13-18(42)6)19-12-21(37)26(25-20(36)10-9-11-23(25)45)27(38)30(19)44(35(33)48)32-28(16(2)3)39-15-40-29(32)17(4)5/h8-12,15-18,22,45H,1,13-14H2,2-7H3. The van der Waals surface area contributed by atoms with E-state index in [1.54, 1.807) is 11.8 Å². The van der Waals surface area contributed by atoms with Gasteiger partial charge in [-0.05, 0) is 43.0 Å². The van der Waals surface area contributed by atoms with Gasteiger partial charge in [0.1, 0.15) is 35.4 Å². The Morgan fingerprint density at radius 1 is 0.979 bits per heavy atom. The second kappa shape index (κ2) is 11.8. The third kappa shape index (κ3) is 4.74. The molecule has 0 radical (unpaired) electrons. The largest absolute Gasteiger partial charge is 0.507 e. The van der Waals surface area contributed by atoms with Crippen molar-refractivity contribution in [3.63, 3.8) is 0 Å². The first-order valence-corrected chi connectivity index (χ1v) is 15.6. The van der Waals surface area contributed by atoms with Crippen LogP contribution in [0.15, 0.2) is 48.0 Å². The smallest absolute Gasteiger partial charge is 0.281 e. The van der Waals surface area contributed by atoms with Gasteiger partial charge < -0.3 is 19.8 Å². The third-order valence-corrected chi connectivity index (χ3v) is 9.17. The molecule has 1 fully saturated rings. The van der Waals surface area contributed by atoms with Gasteiger partial charge in [0.25, 0.3) is 11.5 Å². The zero-order valence-electron chi connectivity index (χ0n) is 27.4. The number of rotatable bonds is 5. The summed E-state index contributed by atoms with van der Waals surface area (Å²) >= 11 is 0. The lowest BCUT2D eigenvalue weighted by Gasteiger charge is -2.50. The second-order valence-corrected chi connectivity index (χ2v) is 12.8. The first-order chi connectivity index (χ1) is 22.7. The average molecular weight is 661 g/mol. The number of fused-ring (bicyclic) bond motifs is 5. The Morgan fingerprint density at radius 3 is 2.21 bits per heavy atom. The molecule has 48 heavy (non-hydrogen) atoms. The zero-order chi connectivity index (χ0) is 34.9. The monoisotopic (exact) mass is 660 g/mol. The Bertz CT molecular complexity index is 2050. The number of phenols is 1. The number of amides is 2. The van der Waals surface area contributed by atoms with E-state index in [1.807, 2.05) is 27.7 Å². The van der Waals surface area contributed by atoms with Gasteiger partial charge in [0, 0.05) is 25.0 Å². The molecule has 10 nitrogen and oxygen atoms in total. The molecule has 0 aliphatic carbocycles. The molecule has 2 atom stereocenters. The van der Waals surface area contributed by atoms with Gasteiger partial charge >= 0.3 is 0 Å². The van der Waals surface area contributed by atoms with E-state index in [4.69, 9.17) is 0 Å². The molecule has 250 valence electrons. The lowest BCUT2D eigenvalue weighted by molar-refractivity contribution is -0.130. The number of hydrogen-bond donors (Lipinski definition) is 1. The number of benzene rings is 2. The number of aromatic hydroxyl groups is 1. The Kier molecular flexibility index (Phi) is 8.04. The number of hydrogen-bond acceptors (Lipinski definition) is 7. The Morgan fingerprint density at radius 2 is 1.62 bits per heavy atom. The minimum Gasteiger partial charge on any atom is -0.507 e. The lowest BCUT2D eigenvalue weighted by Crippen LogP contribution is -2.66. The summed E-state index contributed by atoms with van der Waals surface area (Å²) in [6, 6.07) is 2.81. The van der Waals surface area contributed by atoms with Crippen molar-refractivity contribution in [3.05, 3.63) is 82.4 Å². The van der Waals surface area contributed by atoms with Crippen LogP contribution in [-0.2, 0) is 9.59 Å². The maximum Gasteiger partial charge on any atom is 0.281 e. The van der Waals surface area contributed by atoms with Crippen molar-refractivity contribution in [2.45, 2.75) is 58.5 Å². The molecule has 0 bridgehead atoms. The van der Waals surface area contributed by atoms with Crippen molar-refractivity contribution < 1.29 is 27.9 Å². The molecule has 2 aromatic heterocycles. The number of halogens is 3. The van der Waals surface area contributed by atoms with Crippen LogP contribution in [0, 0.1) is 17.5 Å². The van der Waals surface area contributed by atoms with E-state index < -0.39 is 63.4 Å². The summed E-state index contributed by atoms with van der Waals surface area (Å²) in [5, 5.41) is 10.5. The van der Waals surface area contributed by atoms with Crippen molar-refractivity contribution in [2.24, 2.45) is 0 Å². The Labute approximate surface area is 274 Å². The SMILES string of the molecule is C=CC(=O)N1CC2C(=O)N(C)c3c(c4cc(F)c(-c5c(O)cccc5F)c(F)c4n(-c4c(C(C)C)ncnc4C(C)C)c3=O)N2CC1C. The van der Waals surface area contributed by atoms with Gasteiger partial charge in [0.15, 0.2) is 5.82 Å². The summed E-state index contributed by atoms with van der Waals surface area (Å²) in [5.74, 6) is -5.75. The van der Waals surface area contributed by atoms with Crippen LogP contribution >= 0.6 is 0 Å². The van der Waals surface area contributed by atoms with Crippen LogP contribution in [-0.4, -0.2) is 68.6 Å². The maximum atomic E-state index is 17.3. The highest BCUT2D eigenvalue weighted by Crippen LogP contribution is 2.46. The van der Waals surface area contributed by atoms with Crippen LogP contribution in [0.2, 0.25) is 0 Å². The molecule has 13 heteroatoms. The molecule has 2 aromatic carbocycles. The fourth-order valence-electron chi connectivity index (χ4n) is 6.91. The molecular formula is C35H35F3N6O4. The number of anilines is 2. The van der Waals surface area contributed by atoms with Crippen LogP contribution in [0.1, 0.15) is 57.8 Å². The van der Waals surface area contributed by atoms with Crippen LogP contribution in [0.5, 0.6) is 5.75 Å². The van der Waals surface area contributed by atoms with Crippen LogP contribution in [0.3, 0.4) is 0 Å². The summed E-state index contributed by atoms with van der Waals surface area (Å²) in [7, 11) is 1.40. The topological polar surface area (TPSA) is 112 Å². The molecule has 4 aromatic rings. The first-order valence-electron chi connectivity index (χ1n) is 15.6. The first kappa shape index (κ1) is 32.7. The predicted molar refractivity (Wildman–Crippen MR) is 176 cm³/mol. The van der Waals surface area contributed by atoms with Crippen LogP contribution in [0.4, 0.5) is 24.5 Å². The molecule has 6 rings (SSSR count). The third-order valence-electron chi connectivity index (χ3n) is 9.17. The molecular weight excluding hydrogens is 625 g/mol. The molecule has 1 N–H and O–H groups in total. The Balaban J connectivity index is 1.82. The number of carbonyl (C=O) groups excluding carboxylic acids is 2. The highest BCUT2D eigenvalue weighted by molar-refractivity contribution is 6.13. The average Bonchev–Trinajstić information content (AvgIpc) is 3.03. The number of phenolic OH excluding ortho intramolecular Hbond substituents is 1. The van der Waals surface area contributed by atoms with Gasteiger partial charge in [-0.3, -0.25) is 19.0 Å². The molecule has 2 aliphatic rings. The van der Waals surface area contributed by atoms with E-state index in [1.165, 1.54) is 24.3 Å². The van der Waals surface area contributed by atoms with Crippen molar-refractivity contribution in [1.82, 2.24) is 19.4 Å². The predicted octanol–water partition coefficient (Wildman–Crippen LogP) is 5.39. The van der Waals surface area contributed by atoms with Gasteiger partial charge in [-0.25, -0.2) is 23.1 Å². The van der Waals surface area contributed by atoms with Crippen LogP contribution in [0.25, 0.3) is 27.7 Å². The molecule has 2 unspecified atom stereocenters. The van der Waals surface area contributed by atoms with E-state index >= 15 is 13.2 Å². The maximum absolute atomic E-state index is 17.3. The number of nitrogens with zero attached hydrogens (tertiary/aromatic N) is 6. The number of piperazine rings is 1. The normalized spacial score (nSPS) is 17.7. The minimum atomic E-state index is -1.30. The van der Waals surface area contributed by atoms with E-state index in [2.05, 4.69) is 16.5 Å². The van der Waals surface area contributed by atoms with Crippen molar-refractivity contribution in [3.8, 4) is 22.6 Å². The van der Waals surface area contributed by atoms with E-state index in [9.17, 15) is 19.5 Å². The fraction of sp³-hybridized carbons (Fsp3) is 0.343. The van der Waals surface area contributed by atoms with Gasteiger partial charge in [-0.2, -0.15) is 0 Å². The second-order valence-electron chi connectivity index (χ2n) is 12.8. The molecule has 0 saturated carbocycles. The van der Waals surface area contributed by atoms with Crippen molar-refractivity contribution >= 4 is 34.1 Å². The van der Waals surface area contributed by atoms with Crippen molar-refractivity contribution in [2.75, 3.05) is 29.9 Å². The molecule has 4 heterocycles. The summed E-state index contributed by atoms with van der Waals surface area (Å²) in [6.45, 7) is 12.7. The molecule has 2 aliphatic heterocycles. The van der Waals surface area contributed by atoms with Gasteiger partial charge in [-0.15, -0.1) is 0 Å². The number of likely N-dealkylation sites (N-methyl/N-ethyl adjacent to an activating group) is 1. The Hall–Kier alpha value is -5.20. The molecule has 2 amide bonds. The van der Waals surface area contributed by atoms with E-state index in [-0.39, 0.29) is 53.3 Å². The summed E-state index contributed by atoms with van der Waals surface area (Å²) in [6.07, 6.45) is 2.50. The van der Waals surface area contributed by atoms with Gasteiger partial charge in [0.2, 0.25) is 5.91 Å². The van der Waals surface area contributed by atoms with Gasteiger partial charge in [-0.1, -0.05) is 40.3 Å². The summed E-state index contributed by atoms with van der Waals surface area (Å²) in [4.78, 5) is 54.7. The van der Waals surface area contributed by atoms with E-state index in [0.717, 1.165) is 33.7 Å². The quantitative estimate of drug-likeness (QED) is 0.286. The molecule has 0 spiro atoms. The number of pyridine rings is 1. The highest BCUT2D eigenvalue weighted by atomic mass is 19.1. The van der Waals surface area contributed by atoms with Crippen molar-refractivity contribution in [1.29, 1.82) is 0 Å². The van der Waals surface area contributed by atoms with E-state index in [0.29, 0.717) is 11.4 Å². The zero-order valence-corrected chi connectivity index (χ0v) is 27.4. The van der Waals surface area contributed by atoms with Gasteiger partial charge in [0.05, 0.1) is 46.0 Å². The molecule has 1 saturated heterocycles. The number of aromatic nitrogens is 3.